The number of nitrogens with zero attached hydrogens (tertiary/aromatic N) is 1. The van der Waals surface area contributed by atoms with Crippen LogP contribution in [0.1, 0.15) is 37.7 Å². The van der Waals surface area contributed by atoms with E-state index in [9.17, 15) is 9.59 Å². The van der Waals surface area contributed by atoms with Crippen LogP contribution in [-0.2, 0) is 0 Å². The molecular formula is C12H19N3O3. The van der Waals surface area contributed by atoms with Gasteiger partial charge in [-0.1, -0.05) is 20.8 Å². The molecule has 1 atom stereocenters. The third kappa shape index (κ3) is 3.96. The SMILES string of the molecule is CC(C)(C)C(CCO)NC(=O)c1c[nH]c(=O)cn1. The second-order valence-corrected chi connectivity index (χ2v) is 5.20. The van der Waals surface area contributed by atoms with Crippen LogP contribution in [0.25, 0.3) is 0 Å². The van der Waals surface area contributed by atoms with Gasteiger partial charge in [0.25, 0.3) is 11.5 Å². The third-order valence-corrected chi connectivity index (χ3v) is 2.67. The minimum absolute atomic E-state index is 0.00126. The number of aliphatic hydroxyl groups excluding tert-OH is 1. The minimum atomic E-state index is -0.361. The van der Waals surface area contributed by atoms with Crippen molar-refractivity contribution in [3.05, 3.63) is 28.4 Å². The van der Waals surface area contributed by atoms with Crippen molar-refractivity contribution in [1.29, 1.82) is 0 Å². The number of rotatable bonds is 4. The van der Waals surface area contributed by atoms with Crippen molar-refractivity contribution in [2.75, 3.05) is 6.61 Å². The average molecular weight is 253 g/mol. The summed E-state index contributed by atoms with van der Waals surface area (Å²) in [5.74, 6) is -0.361. The Morgan fingerprint density at radius 1 is 1.56 bits per heavy atom. The molecule has 0 spiro atoms. The van der Waals surface area contributed by atoms with E-state index in [1.807, 2.05) is 20.8 Å². The molecule has 1 aromatic heterocycles. The van der Waals surface area contributed by atoms with Gasteiger partial charge in [0.1, 0.15) is 5.69 Å². The molecule has 0 fully saturated rings. The van der Waals surface area contributed by atoms with Gasteiger partial charge in [-0.2, -0.15) is 0 Å². The summed E-state index contributed by atoms with van der Waals surface area (Å²) in [5, 5.41) is 11.8. The van der Waals surface area contributed by atoms with E-state index in [0.717, 1.165) is 6.20 Å². The van der Waals surface area contributed by atoms with Crippen molar-refractivity contribution in [3.63, 3.8) is 0 Å². The maximum Gasteiger partial charge on any atom is 0.271 e. The molecule has 0 radical (unpaired) electrons. The van der Waals surface area contributed by atoms with Crippen LogP contribution in [0.5, 0.6) is 0 Å². The first-order valence-corrected chi connectivity index (χ1v) is 5.81. The van der Waals surface area contributed by atoms with Gasteiger partial charge in [-0.3, -0.25) is 9.59 Å². The lowest BCUT2D eigenvalue weighted by Crippen LogP contribution is -2.44. The molecular weight excluding hydrogens is 234 g/mol. The van der Waals surface area contributed by atoms with Gasteiger partial charge in [0, 0.05) is 18.8 Å². The quantitative estimate of drug-likeness (QED) is 0.719. The Morgan fingerprint density at radius 3 is 2.67 bits per heavy atom. The molecule has 0 bridgehead atoms. The van der Waals surface area contributed by atoms with Gasteiger partial charge < -0.3 is 15.4 Å². The molecule has 1 aromatic rings. The zero-order chi connectivity index (χ0) is 13.8. The molecule has 6 nitrogen and oxygen atoms in total. The van der Waals surface area contributed by atoms with Crippen molar-refractivity contribution in [2.24, 2.45) is 5.41 Å². The predicted octanol–water partition coefficient (Wildman–Crippen LogP) is 0.297. The fraction of sp³-hybridized carbons (Fsp3) is 0.583. The molecule has 0 aliphatic carbocycles. The van der Waals surface area contributed by atoms with Crippen molar-refractivity contribution in [1.82, 2.24) is 15.3 Å². The second kappa shape index (κ2) is 5.77. The van der Waals surface area contributed by atoms with E-state index in [-0.39, 0.29) is 35.2 Å². The Hall–Kier alpha value is -1.69. The lowest BCUT2D eigenvalue weighted by molar-refractivity contribution is 0.0879. The summed E-state index contributed by atoms with van der Waals surface area (Å²) < 4.78 is 0. The molecule has 1 rings (SSSR count). The van der Waals surface area contributed by atoms with Crippen molar-refractivity contribution >= 4 is 5.91 Å². The molecule has 0 aliphatic rings. The van der Waals surface area contributed by atoms with Gasteiger partial charge >= 0.3 is 0 Å². The largest absolute Gasteiger partial charge is 0.396 e. The fourth-order valence-corrected chi connectivity index (χ4v) is 1.55. The number of aromatic amines is 1. The van der Waals surface area contributed by atoms with Gasteiger partial charge in [-0.25, -0.2) is 4.98 Å². The first-order chi connectivity index (χ1) is 8.34. The first-order valence-electron chi connectivity index (χ1n) is 5.81. The van der Waals surface area contributed by atoms with Crippen molar-refractivity contribution in [3.8, 4) is 0 Å². The third-order valence-electron chi connectivity index (χ3n) is 2.67. The predicted molar refractivity (Wildman–Crippen MR) is 67.3 cm³/mol. The summed E-state index contributed by atoms with van der Waals surface area (Å²) in [4.78, 5) is 28.9. The van der Waals surface area contributed by atoms with E-state index in [1.165, 1.54) is 6.20 Å². The Morgan fingerprint density at radius 2 is 2.22 bits per heavy atom. The van der Waals surface area contributed by atoms with Crippen molar-refractivity contribution in [2.45, 2.75) is 33.2 Å². The number of carbonyl (C=O) groups is 1. The van der Waals surface area contributed by atoms with Gasteiger partial charge in [0.15, 0.2) is 0 Å². The molecule has 100 valence electrons. The maximum atomic E-state index is 11.9. The normalized spacial score (nSPS) is 13.1. The Labute approximate surface area is 105 Å². The Bertz CT molecular complexity index is 442. The summed E-state index contributed by atoms with van der Waals surface area (Å²) >= 11 is 0. The van der Waals surface area contributed by atoms with Crippen LogP contribution in [0.3, 0.4) is 0 Å². The molecule has 0 saturated heterocycles. The molecule has 18 heavy (non-hydrogen) atoms. The maximum absolute atomic E-state index is 11.9. The average Bonchev–Trinajstić information content (AvgIpc) is 2.28. The van der Waals surface area contributed by atoms with Crippen LogP contribution in [-0.4, -0.2) is 33.6 Å². The molecule has 1 heterocycles. The van der Waals surface area contributed by atoms with E-state index >= 15 is 0 Å². The topological polar surface area (TPSA) is 95.1 Å². The number of nitrogens with one attached hydrogen (secondary N) is 2. The highest BCUT2D eigenvalue weighted by atomic mass is 16.3. The molecule has 1 amide bonds. The first kappa shape index (κ1) is 14.4. The standard InChI is InChI=1S/C12H19N3O3/c1-12(2,3)9(4-5-16)15-11(18)8-6-14-10(17)7-13-8/h6-7,9,16H,4-5H2,1-3H3,(H,14,17)(H,15,18). The molecule has 3 N–H and O–H groups in total. The zero-order valence-corrected chi connectivity index (χ0v) is 10.9. The highest BCUT2D eigenvalue weighted by Gasteiger charge is 2.26. The highest BCUT2D eigenvalue weighted by molar-refractivity contribution is 5.92. The molecule has 1 unspecified atom stereocenters. The van der Waals surface area contributed by atoms with Crippen molar-refractivity contribution < 1.29 is 9.90 Å². The van der Waals surface area contributed by atoms with Crippen LogP contribution in [0.2, 0.25) is 0 Å². The number of aliphatic hydroxyl groups is 1. The molecule has 0 aliphatic heterocycles. The molecule has 0 aromatic carbocycles. The summed E-state index contributed by atoms with van der Waals surface area (Å²) in [7, 11) is 0. The number of carbonyl (C=O) groups excluding carboxylic acids is 1. The lowest BCUT2D eigenvalue weighted by Gasteiger charge is -2.30. The smallest absolute Gasteiger partial charge is 0.271 e. The lowest BCUT2D eigenvalue weighted by atomic mass is 9.85. The minimum Gasteiger partial charge on any atom is -0.396 e. The van der Waals surface area contributed by atoms with Crippen LogP contribution in [0, 0.1) is 5.41 Å². The Balaban J connectivity index is 2.78. The zero-order valence-electron chi connectivity index (χ0n) is 10.9. The van der Waals surface area contributed by atoms with E-state index in [2.05, 4.69) is 15.3 Å². The van der Waals surface area contributed by atoms with Crippen LogP contribution < -0.4 is 10.9 Å². The van der Waals surface area contributed by atoms with E-state index < -0.39 is 0 Å². The molecule has 6 heteroatoms. The van der Waals surface area contributed by atoms with Gasteiger partial charge in [0.05, 0.1) is 6.20 Å². The fourth-order valence-electron chi connectivity index (χ4n) is 1.55. The summed E-state index contributed by atoms with van der Waals surface area (Å²) in [5.41, 5.74) is -0.364. The summed E-state index contributed by atoms with van der Waals surface area (Å²) in [6, 6.07) is -0.163. The van der Waals surface area contributed by atoms with Crippen LogP contribution in [0.4, 0.5) is 0 Å². The van der Waals surface area contributed by atoms with Gasteiger partial charge in [-0.05, 0) is 11.8 Å². The summed E-state index contributed by atoms with van der Waals surface area (Å²) in [6.07, 6.45) is 2.81. The Kier molecular flexibility index (Phi) is 4.61. The van der Waals surface area contributed by atoms with Gasteiger partial charge in [0.2, 0.25) is 0 Å². The van der Waals surface area contributed by atoms with E-state index in [1.54, 1.807) is 0 Å². The monoisotopic (exact) mass is 253 g/mol. The number of hydrogen-bond acceptors (Lipinski definition) is 4. The highest BCUT2D eigenvalue weighted by Crippen LogP contribution is 2.21. The van der Waals surface area contributed by atoms with E-state index in [0.29, 0.717) is 6.42 Å². The summed E-state index contributed by atoms with van der Waals surface area (Å²) in [6.45, 7) is 5.94. The van der Waals surface area contributed by atoms with Crippen LogP contribution >= 0.6 is 0 Å². The van der Waals surface area contributed by atoms with Crippen LogP contribution in [0.15, 0.2) is 17.2 Å². The molecule has 0 saturated carbocycles. The number of amides is 1. The number of aromatic nitrogens is 2. The van der Waals surface area contributed by atoms with E-state index in [4.69, 9.17) is 5.11 Å². The number of H-pyrrole nitrogens is 1. The second-order valence-electron chi connectivity index (χ2n) is 5.20. The number of hydrogen-bond donors (Lipinski definition) is 3. The van der Waals surface area contributed by atoms with Gasteiger partial charge in [-0.15, -0.1) is 0 Å².